The van der Waals surface area contributed by atoms with Crippen LogP contribution in [0.25, 0.3) is 0 Å². The van der Waals surface area contributed by atoms with Crippen LogP contribution in [0.1, 0.15) is 13.8 Å². The van der Waals surface area contributed by atoms with E-state index in [-0.39, 0.29) is 0 Å². The fourth-order valence-electron chi connectivity index (χ4n) is 0.243. The van der Waals surface area contributed by atoms with Gasteiger partial charge in [0.25, 0.3) is 0 Å². The number of rotatable bonds is 3. The van der Waals surface area contributed by atoms with Crippen LogP contribution in [0.4, 0.5) is 0 Å². The number of carboxylic acids is 1. The lowest BCUT2D eigenvalue weighted by Crippen LogP contribution is -2.32. The van der Waals surface area contributed by atoms with Gasteiger partial charge in [0.15, 0.2) is 0 Å². The molecule has 0 aliphatic rings. The molecule has 0 aliphatic carbocycles. The SMILES string of the molecule is CC(C)(CNI)C(=O)O. The van der Waals surface area contributed by atoms with Gasteiger partial charge < -0.3 is 5.11 Å². The fraction of sp³-hybridized carbons (Fsp3) is 0.800. The Morgan fingerprint density at radius 2 is 2.22 bits per heavy atom. The number of carboxylic acid groups (broad SMARTS) is 1. The first kappa shape index (κ1) is 9.16. The van der Waals surface area contributed by atoms with E-state index in [1.54, 1.807) is 13.8 Å². The van der Waals surface area contributed by atoms with Crippen LogP contribution in [-0.2, 0) is 4.79 Å². The van der Waals surface area contributed by atoms with E-state index in [4.69, 9.17) is 5.11 Å². The largest absolute Gasteiger partial charge is 0.481 e. The summed E-state index contributed by atoms with van der Waals surface area (Å²) in [5, 5.41) is 8.53. The lowest BCUT2D eigenvalue weighted by atomic mass is 9.95. The minimum Gasteiger partial charge on any atom is -0.481 e. The summed E-state index contributed by atoms with van der Waals surface area (Å²) in [5.41, 5.74) is -0.652. The maximum Gasteiger partial charge on any atom is 0.310 e. The van der Waals surface area contributed by atoms with Crippen LogP contribution in [0.2, 0.25) is 0 Å². The monoisotopic (exact) mass is 243 g/mol. The first-order valence-corrected chi connectivity index (χ1v) is 3.65. The molecule has 0 fully saturated rings. The molecule has 0 aromatic rings. The summed E-state index contributed by atoms with van der Waals surface area (Å²) in [6, 6.07) is 0. The highest BCUT2D eigenvalue weighted by atomic mass is 127. The zero-order valence-electron chi connectivity index (χ0n) is 5.44. The van der Waals surface area contributed by atoms with Crippen LogP contribution < -0.4 is 3.53 Å². The van der Waals surface area contributed by atoms with Gasteiger partial charge in [-0.1, -0.05) is 0 Å². The molecule has 3 nitrogen and oxygen atoms in total. The van der Waals surface area contributed by atoms with E-state index in [1.165, 1.54) is 0 Å². The van der Waals surface area contributed by atoms with E-state index in [0.717, 1.165) is 0 Å². The lowest BCUT2D eigenvalue weighted by molar-refractivity contribution is -0.146. The zero-order valence-corrected chi connectivity index (χ0v) is 7.60. The van der Waals surface area contributed by atoms with E-state index < -0.39 is 11.4 Å². The summed E-state index contributed by atoms with van der Waals surface area (Å²) in [7, 11) is 0. The zero-order chi connectivity index (χ0) is 7.49. The van der Waals surface area contributed by atoms with E-state index in [2.05, 4.69) is 3.53 Å². The van der Waals surface area contributed by atoms with Crippen LogP contribution in [0.5, 0.6) is 0 Å². The summed E-state index contributed by atoms with van der Waals surface area (Å²) in [6.45, 7) is 3.85. The van der Waals surface area contributed by atoms with Gasteiger partial charge in [0.05, 0.1) is 5.41 Å². The second-order valence-electron chi connectivity index (χ2n) is 2.50. The molecule has 0 aromatic carbocycles. The van der Waals surface area contributed by atoms with Crippen molar-refractivity contribution in [3.63, 3.8) is 0 Å². The highest BCUT2D eigenvalue weighted by Gasteiger charge is 2.25. The Labute approximate surface area is 68.3 Å². The second-order valence-corrected chi connectivity index (χ2v) is 3.26. The summed E-state index contributed by atoms with van der Waals surface area (Å²) in [6.07, 6.45) is 0. The number of carbonyl (C=O) groups is 1. The van der Waals surface area contributed by atoms with Gasteiger partial charge in [0.2, 0.25) is 0 Å². The van der Waals surface area contributed by atoms with Crippen LogP contribution >= 0.6 is 22.9 Å². The molecule has 0 heterocycles. The molecule has 0 spiro atoms. The summed E-state index contributed by atoms with van der Waals surface area (Å²) >= 11 is 1.93. The highest BCUT2D eigenvalue weighted by molar-refractivity contribution is 14.1. The number of halogens is 1. The molecule has 4 heteroatoms. The van der Waals surface area contributed by atoms with Gasteiger partial charge in [0, 0.05) is 29.4 Å². The molecule has 0 unspecified atom stereocenters. The lowest BCUT2D eigenvalue weighted by Gasteiger charge is -2.16. The predicted octanol–water partition coefficient (Wildman–Crippen LogP) is 1.04. The Kier molecular flexibility index (Phi) is 3.42. The Bertz CT molecular complexity index is 114. The first-order valence-electron chi connectivity index (χ1n) is 2.57. The average Bonchev–Trinajstić information content (AvgIpc) is 1.65. The minimum atomic E-state index is -0.772. The average molecular weight is 243 g/mol. The maximum atomic E-state index is 10.4. The van der Waals surface area contributed by atoms with Gasteiger partial charge in [-0.05, 0) is 13.8 Å². The van der Waals surface area contributed by atoms with Crippen LogP contribution in [0.3, 0.4) is 0 Å². The van der Waals surface area contributed by atoms with Gasteiger partial charge in [-0.3, -0.25) is 8.32 Å². The molecule has 0 radical (unpaired) electrons. The van der Waals surface area contributed by atoms with E-state index in [9.17, 15) is 4.79 Å². The Hall–Kier alpha value is 0.160. The van der Waals surface area contributed by atoms with Crippen molar-refractivity contribution in [3.8, 4) is 0 Å². The molecular formula is C5H10INO2. The highest BCUT2D eigenvalue weighted by Crippen LogP contribution is 2.13. The third-order valence-corrected chi connectivity index (χ3v) is 1.47. The van der Waals surface area contributed by atoms with Gasteiger partial charge in [0.1, 0.15) is 0 Å². The molecule has 0 atom stereocenters. The first-order chi connectivity index (χ1) is 4.00. The number of aliphatic carboxylic acids is 1. The van der Waals surface area contributed by atoms with Gasteiger partial charge in [-0.15, -0.1) is 0 Å². The molecule has 0 saturated carbocycles. The van der Waals surface area contributed by atoms with Crippen LogP contribution in [-0.4, -0.2) is 17.6 Å². The third kappa shape index (κ3) is 3.00. The molecule has 0 aromatic heterocycles. The fourth-order valence-corrected chi connectivity index (χ4v) is 1.20. The van der Waals surface area contributed by atoms with Gasteiger partial charge in [-0.2, -0.15) is 0 Å². The Morgan fingerprint density at radius 3 is 2.33 bits per heavy atom. The van der Waals surface area contributed by atoms with Crippen molar-refractivity contribution in [2.45, 2.75) is 13.8 Å². The second kappa shape index (κ2) is 3.36. The van der Waals surface area contributed by atoms with Crippen molar-refractivity contribution >= 4 is 28.8 Å². The van der Waals surface area contributed by atoms with Crippen molar-refractivity contribution in [1.29, 1.82) is 0 Å². The standard InChI is InChI=1S/C5H10INO2/c1-5(2,3-7-6)4(8)9/h7H,3H2,1-2H3,(H,8,9). The van der Waals surface area contributed by atoms with Crippen molar-refractivity contribution < 1.29 is 9.90 Å². The van der Waals surface area contributed by atoms with Crippen molar-refractivity contribution in [2.75, 3.05) is 6.54 Å². The maximum absolute atomic E-state index is 10.4. The molecule has 0 saturated heterocycles. The summed E-state index contributed by atoms with van der Waals surface area (Å²) in [5.74, 6) is -0.772. The summed E-state index contributed by atoms with van der Waals surface area (Å²) < 4.78 is 2.78. The van der Waals surface area contributed by atoms with Gasteiger partial charge >= 0.3 is 5.97 Å². The van der Waals surface area contributed by atoms with Crippen LogP contribution in [0.15, 0.2) is 0 Å². The van der Waals surface area contributed by atoms with Crippen molar-refractivity contribution in [3.05, 3.63) is 0 Å². The Balaban J connectivity index is 3.85. The molecule has 0 rings (SSSR count). The summed E-state index contributed by atoms with van der Waals surface area (Å²) in [4.78, 5) is 10.4. The molecule has 2 N–H and O–H groups in total. The topological polar surface area (TPSA) is 49.3 Å². The number of hydrogen-bond donors (Lipinski definition) is 2. The molecular weight excluding hydrogens is 233 g/mol. The number of nitrogens with one attached hydrogen (secondary N) is 1. The van der Waals surface area contributed by atoms with Crippen molar-refractivity contribution in [1.82, 2.24) is 3.53 Å². The normalized spacial score (nSPS) is 11.4. The predicted molar refractivity (Wildman–Crippen MR) is 43.4 cm³/mol. The van der Waals surface area contributed by atoms with E-state index in [0.29, 0.717) is 6.54 Å². The smallest absolute Gasteiger partial charge is 0.310 e. The molecule has 9 heavy (non-hydrogen) atoms. The van der Waals surface area contributed by atoms with E-state index >= 15 is 0 Å². The van der Waals surface area contributed by atoms with Crippen LogP contribution in [0, 0.1) is 5.41 Å². The number of hydrogen-bond acceptors (Lipinski definition) is 2. The molecule has 0 amide bonds. The van der Waals surface area contributed by atoms with Crippen molar-refractivity contribution in [2.24, 2.45) is 5.41 Å². The van der Waals surface area contributed by atoms with E-state index in [1.807, 2.05) is 22.9 Å². The Morgan fingerprint density at radius 1 is 1.78 bits per heavy atom. The molecule has 54 valence electrons. The quantitative estimate of drug-likeness (QED) is 0.575. The van der Waals surface area contributed by atoms with Gasteiger partial charge in [-0.25, -0.2) is 0 Å². The molecule has 0 aliphatic heterocycles. The minimum absolute atomic E-state index is 0.489. The molecule has 0 bridgehead atoms. The third-order valence-electron chi connectivity index (χ3n) is 1.09.